The number of rotatable bonds is 0. The molecule has 0 saturated carbocycles. The number of aliphatic carboxylic acids is 1. The van der Waals surface area contributed by atoms with Crippen molar-refractivity contribution in [2.75, 3.05) is 0 Å². The molecule has 0 saturated heterocycles. The summed E-state index contributed by atoms with van der Waals surface area (Å²) in [7, 11) is 0. The Morgan fingerprint density at radius 2 is 2.42 bits per heavy atom. The summed E-state index contributed by atoms with van der Waals surface area (Å²) in [5.74, 6) is 3.17. The van der Waals surface area contributed by atoms with Gasteiger partial charge in [0.05, 0.1) is 5.02 Å². The van der Waals surface area contributed by atoms with Crippen molar-refractivity contribution in [3.05, 3.63) is 29.0 Å². The molecular formula is C8H4ClNO2. The third kappa shape index (κ3) is 2.26. The number of halogens is 1. The van der Waals surface area contributed by atoms with Crippen LogP contribution in [0.15, 0.2) is 18.5 Å². The van der Waals surface area contributed by atoms with E-state index in [0.717, 1.165) is 0 Å². The smallest absolute Gasteiger partial charge is 0.382 e. The Balaban J connectivity index is 2.99. The molecule has 0 bridgehead atoms. The third-order valence-electron chi connectivity index (χ3n) is 1.08. The van der Waals surface area contributed by atoms with Gasteiger partial charge in [0.15, 0.2) is 0 Å². The van der Waals surface area contributed by atoms with Crippen LogP contribution in [0.5, 0.6) is 0 Å². The van der Waals surface area contributed by atoms with Crippen LogP contribution in [0.2, 0.25) is 5.02 Å². The molecule has 0 aromatic carbocycles. The number of aromatic nitrogens is 1. The molecule has 0 aliphatic rings. The van der Waals surface area contributed by atoms with E-state index in [1.807, 2.05) is 5.92 Å². The van der Waals surface area contributed by atoms with Gasteiger partial charge in [0, 0.05) is 23.9 Å². The average Bonchev–Trinajstić information content (AvgIpc) is 2.03. The fraction of sp³-hybridized carbons (Fsp3) is 0. The van der Waals surface area contributed by atoms with Gasteiger partial charge in [-0.1, -0.05) is 17.5 Å². The molecule has 0 fully saturated rings. The van der Waals surface area contributed by atoms with Crippen LogP contribution in [0.1, 0.15) is 5.56 Å². The molecule has 0 spiro atoms. The molecule has 0 aliphatic heterocycles. The summed E-state index contributed by atoms with van der Waals surface area (Å²) in [4.78, 5) is 13.8. The highest BCUT2D eigenvalue weighted by molar-refractivity contribution is 6.31. The van der Waals surface area contributed by atoms with Gasteiger partial charge < -0.3 is 5.11 Å². The minimum atomic E-state index is -1.18. The predicted molar refractivity (Wildman–Crippen MR) is 43.8 cm³/mol. The Morgan fingerprint density at radius 1 is 1.67 bits per heavy atom. The highest BCUT2D eigenvalue weighted by Crippen LogP contribution is 2.10. The Labute approximate surface area is 74.0 Å². The molecule has 4 heteroatoms. The largest absolute Gasteiger partial charge is 0.472 e. The Bertz CT molecular complexity index is 365. The lowest BCUT2D eigenvalue weighted by Crippen LogP contribution is -1.87. The lowest BCUT2D eigenvalue weighted by atomic mass is 10.3. The van der Waals surface area contributed by atoms with Crippen LogP contribution in [0, 0.1) is 11.8 Å². The maximum atomic E-state index is 10.1. The van der Waals surface area contributed by atoms with Gasteiger partial charge in [0.25, 0.3) is 0 Å². The third-order valence-corrected chi connectivity index (χ3v) is 1.38. The fourth-order valence-electron chi connectivity index (χ4n) is 0.597. The van der Waals surface area contributed by atoms with Gasteiger partial charge in [-0.2, -0.15) is 0 Å². The molecule has 0 aliphatic carbocycles. The van der Waals surface area contributed by atoms with Gasteiger partial charge >= 0.3 is 5.97 Å². The van der Waals surface area contributed by atoms with Crippen LogP contribution in [-0.2, 0) is 4.79 Å². The molecule has 1 aromatic rings. The first-order valence-electron chi connectivity index (χ1n) is 3.04. The number of carbonyl (C=O) groups is 1. The van der Waals surface area contributed by atoms with Gasteiger partial charge in [0.1, 0.15) is 0 Å². The number of hydrogen-bond acceptors (Lipinski definition) is 2. The second kappa shape index (κ2) is 3.74. The Kier molecular flexibility index (Phi) is 2.67. The van der Waals surface area contributed by atoms with Crippen LogP contribution >= 0.6 is 11.6 Å². The summed E-state index contributed by atoms with van der Waals surface area (Å²) < 4.78 is 0. The molecular weight excluding hydrogens is 178 g/mol. The van der Waals surface area contributed by atoms with Crippen molar-refractivity contribution >= 4 is 17.6 Å². The van der Waals surface area contributed by atoms with Gasteiger partial charge in [-0.25, -0.2) is 4.79 Å². The van der Waals surface area contributed by atoms with E-state index in [2.05, 4.69) is 10.9 Å². The average molecular weight is 182 g/mol. The highest BCUT2D eigenvalue weighted by Gasteiger charge is 1.94. The zero-order valence-corrected chi connectivity index (χ0v) is 6.67. The van der Waals surface area contributed by atoms with Crippen molar-refractivity contribution in [2.24, 2.45) is 0 Å². The minimum Gasteiger partial charge on any atom is -0.472 e. The topological polar surface area (TPSA) is 50.2 Å². The molecule has 0 unspecified atom stereocenters. The number of nitrogens with zero attached hydrogens (tertiary/aromatic N) is 1. The number of carboxylic acids is 1. The quantitative estimate of drug-likeness (QED) is 0.612. The minimum absolute atomic E-state index is 0.353. The Hall–Kier alpha value is -1.53. The second-order valence-corrected chi connectivity index (χ2v) is 2.32. The molecule has 12 heavy (non-hydrogen) atoms. The summed E-state index contributed by atoms with van der Waals surface area (Å²) in [6, 6.07) is 1.55. The van der Waals surface area contributed by atoms with Crippen molar-refractivity contribution in [1.82, 2.24) is 4.98 Å². The van der Waals surface area contributed by atoms with E-state index in [1.54, 1.807) is 6.07 Å². The first-order chi connectivity index (χ1) is 5.70. The molecule has 60 valence electrons. The van der Waals surface area contributed by atoms with Gasteiger partial charge in [-0.3, -0.25) is 4.98 Å². The van der Waals surface area contributed by atoms with Crippen LogP contribution in [0.4, 0.5) is 0 Å². The van der Waals surface area contributed by atoms with Crippen LogP contribution < -0.4 is 0 Å². The van der Waals surface area contributed by atoms with Crippen LogP contribution in [0.3, 0.4) is 0 Å². The van der Waals surface area contributed by atoms with E-state index >= 15 is 0 Å². The van der Waals surface area contributed by atoms with Crippen molar-refractivity contribution in [3.63, 3.8) is 0 Å². The maximum absolute atomic E-state index is 10.1. The summed E-state index contributed by atoms with van der Waals surface area (Å²) in [5.41, 5.74) is 0.467. The number of carboxylic acid groups (broad SMARTS) is 1. The van der Waals surface area contributed by atoms with E-state index < -0.39 is 5.97 Å². The van der Waals surface area contributed by atoms with E-state index in [4.69, 9.17) is 16.7 Å². The van der Waals surface area contributed by atoms with E-state index in [0.29, 0.717) is 10.6 Å². The summed E-state index contributed by atoms with van der Waals surface area (Å²) in [6.45, 7) is 0. The highest BCUT2D eigenvalue weighted by atomic mass is 35.5. The number of hydrogen-bond donors (Lipinski definition) is 1. The van der Waals surface area contributed by atoms with Crippen molar-refractivity contribution in [1.29, 1.82) is 0 Å². The predicted octanol–water partition coefficient (Wildman–Crippen LogP) is 1.17. The van der Waals surface area contributed by atoms with Crippen molar-refractivity contribution < 1.29 is 9.90 Å². The summed E-state index contributed by atoms with van der Waals surface area (Å²) in [6.07, 6.45) is 2.91. The Morgan fingerprint density at radius 3 is 3.00 bits per heavy atom. The molecule has 0 radical (unpaired) electrons. The molecule has 1 heterocycles. The van der Waals surface area contributed by atoms with Gasteiger partial charge in [0.2, 0.25) is 0 Å². The van der Waals surface area contributed by atoms with Crippen LogP contribution in [-0.4, -0.2) is 16.1 Å². The first kappa shape index (κ1) is 8.57. The number of pyridine rings is 1. The normalized spacial score (nSPS) is 8.42. The molecule has 1 N–H and O–H groups in total. The van der Waals surface area contributed by atoms with E-state index in [-0.39, 0.29) is 0 Å². The van der Waals surface area contributed by atoms with Crippen molar-refractivity contribution in [2.45, 2.75) is 0 Å². The lowest BCUT2D eigenvalue weighted by molar-refractivity contribution is -0.130. The SMILES string of the molecule is O=C(O)C#Cc1ccncc1Cl. The monoisotopic (exact) mass is 181 g/mol. The first-order valence-corrected chi connectivity index (χ1v) is 3.42. The summed E-state index contributed by atoms with van der Waals surface area (Å²) >= 11 is 5.65. The second-order valence-electron chi connectivity index (χ2n) is 1.91. The zero-order valence-electron chi connectivity index (χ0n) is 5.91. The fourth-order valence-corrected chi connectivity index (χ4v) is 0.764. The van der Waals surface area contributed by atoms with E-state index in [1.165, 1.54) is 12.4 Å². The molecule has 1 aromatic heterocycles. The van der Waals surface area contributed by atoms with Gasteiger partial charge in [-0.15, -0.1) is 0 Å². The molecule has 1 rings (SSSR count). The standard InChI is InChI=1S/C8H4ClNO2/c9-7-5-10-4-3-6(7)1-2-8(11)12/h3-5H,(H,11,12). The molecule has 3 nitrogen and oxygen atoms in total. The maximum Gasteiger partial charge on any atom is 0.382 e. The van der Waals surface area contributed by atoms with Gasteiger partial charge in [-0.05, 0) is 6.07 Å². The lowest BCUT2D eigenvalue weighted by Gasteiger charge is -1.90. The zero-order chi connectivity index (χ0) is 8.97. The molecule has 0 atom stereocenters. The van der Waals surface area contributed by atoms with Crippen molar-refractivity contribution in [3.8, 4) is 11.8 Å². The van der Waals surface area contributed by atoms with E-state index in [9.17, 15) is 4.79 Å². The summed E-state index contributed by atoms with van der Waals surface area (Å²) in [5, 5.41) is 8.59. The van der Waals surface area contributed by atoms with Crippen LogP contribution in [0.25, 0.3) is 0 Å². The molecule has 0 amide bonds.